The van der Waals surface area contributed by atoms with E-state index in [1.165, 1.54) is 30.3 Å². The Hall–Kier alpha value is -3.86. The first-order valence-corrected chi connectivity index (χ1v) is 7.13. The first-order valence-electron chi connectivity index (χ1n) is 7.13. The summed E-state index contributed by atoms with van der Waals surface area (Å²) in [5.74, 6) is -0.755. The fourth-order valence-corrected chi connectivity index (χ4v) is 1.96. The second-order valence-electron chi connectivity index (χ2n) is 5.10. The van der Waals surface area contributed by atoms with E-state index in [0.29, 0.717) is 5.69 Å². The molecule has 2 aromatic rings. The molecule has 1 amide bonds. The Balaban J connectivity index is 2.14. The van der Waals surface area contributed by atoms with Crippen LogP contribution in [0.2, 0.25) is 0 Å². The summed E-state index contributed by atoms with van der Waals surface area (Å²) in [6, 6.07) is 12.0. The molecule has 2 rings (SSSR count). The quantitative estimate of drug-likeness (QED) is 0.253. The van der Waals surface area contributed by atoms with Crippen LogP contribution in [0.15, 0.2) is 54.2 Å². The van der Waals surface area contributed by atoms with Crippen LogP contribution in [0.1, 0.15) is 5.56 Å². The fraction of sp³-hybridized carbons (Fsp3) is 0.0588. The maximum atomic E-state index is 12.1. The molecule has 0 saturated heterocycles. The van der Waals surface area contributed by atoms with Crippen molar-refractivity contribution in [1.82, 2.24) is 0 Å². The number of rotatable bonds is 5. The van der Waals surface area contributed by atoms with Gasteiger partial charge in [-0.3, -0.25) is 14.9 Å². The minimum absolute atomic E-state index is 0.0207. The van der Waals surface area contributed by atoms with Crippen molar-refractivity contribution in [2.75, 3.05) is 10.6 Å². The number of carbonyl (C=O) groups excluding carboxylic acids is 1. The molecule has 0 atom stereocenters. The number of phenolic OH excluding ortho intramolecular Hbond substituents is 1. The Kier molecular flexibility index (Phi) is 5.32. The van der Waals surface area contributed by atoms with Gasteiger partial charge in [0.1, 0.15) is 17.4 Å². The average molecular weight is 338 g/mol. The maximum absolute atomic E-state index is 12.1. The highest BCUT2D eigenvalue weighted by Gasteiger charge is 2.12. The zero-order valence-corrected chi connectivity index (χ0v) is 13.2. The normalized spacial score (nSPS) is 10.6. The summed E-state index contributed by atoms with van der Waals surface area (Å²) < 4.78 is 0. The number of nitro benzene ring substituents is 1. The van der Waals surface area contributed by atoms with Gasteiger partial charge in [-0.2, -0.15) is 5.26 Å². The number of amides is 1. The summed E-state index contributed by atoms with van der Waals surface area (Å²) in [7, 11) is 0. The number of aryl methyl sites for hydroxylation is 1. The summed E-state index contributed by atoms with van der Waals surface area (Å²) in [6.07, 6.45) is 1.15. The summed E-state index contributed by atoms with van der Waals surface area (Å²) in [5.41, 5.74) is 0.949. The van der Waals surface area contributed by atoms with Gasteiger partial charge in [-0.05, 0) is 30.7 Å². The number of phenols is 1. The van der Waals surface area contributed by atoms with Crippen LogP contribution in [0, 0.1) is 28.4 Å². The third-order valence-corrected chi connectivity index (χ3v) is 3.21. The SMILES string of the molecule is Cc1ccc(N/C=C(/C#N)C(=O)Nc2cccc([N+](=O)[O-])c2)c(O)c1. The van der Waals surface area contributed by atoms with Gasteiger partial charge in [-0.15, -0.1) is 0 Å². The van der Waals surface area contributed by atoms with Gasteiger partial charge in [0.25, 0.3) is 11.6 Å². The maximum Gasteiger partial charge on any atom is 0.271 e. The van der Waals surface area contributed by atoms with Gasteiger partial charge in [-0.25, -0.2) is 0 Å². The number of hydrogen-bond donors (Lipinski definition) is 3. The predicted molar refractivity (Wildman–Crippen MR) is 91.9 cm³/mol. The average Bonchev–Trinajstić information content (AvgIpc) is 2.57. The number of anilines is 2. The Bertz CT molecular complexity index is 900. The van der Waals surface area contributed by atoms with Crippen molar-refractivity contribution in [3.63, 3.8) is 0 Å². The highest BCUT2D eigenvalue weighted by atomic mass is 16.6. The van der Waals surface area contributed by atoms with E-state index in [-0.39, 0.29) is 22.7 Å². The number of nitrogens with one attached hydrogen (secondary N) is 2. The van der Waals surface area contributed by atoms with E-state index >= 15 is 0 Å². The summed E-state index contributed by atoms with van der Waals surface area (Å²) in [6.45, 7) is 1.81. The number of hydrogen-bond acceptors (Lipinski definition) is 6. The van der Waals surface area contributed by atoms with Crippen molar-refractivity contribution in [3.8, 4) is 11.8 Å². The third-order valence-electron chi connectivity index (χ3n) is 3.21. The lowest BCUT2D eigenvalue weighted by Crippen LogP contribution is -2.14. The van der Waals surface area contributed by atoms with E-state index in [4.69, 9.17) is 5.26 Å². The van der Waals surface area contributed by atoms with Crippen LogP contribution in [0.3, 0.4) is 0 Å². The molecule has 25 heavy (non-hydrogen) atoms. The summed E-state index contributed by atoms with van der Waals surface area (Å²) in [5, 5.41) is 34.7. The summed E-state index contributed by atoms with van der Waals surface area (Å²) in [4.78, 5) is 22.3. The summed E-state index contributed by atoms with van der Waals surface area (Å²) >= 11 is 0. The molecule has 8 nitrogen and oxygen atoms in total. The van der Waals surface area contributed by atoms with Crippen molar-refractivity contribution < 1.29 is 14.8 Å². The van der Waals surface area contributed by atoms with Gasteiger partial charge in [0, 0.05) is 24.0 Å². The van der Waals surface area contributed by atoms with Crippen LogP contribution in [0.4, 0.5) is 17.1 Å². The molecule has 2 aromatic carbocycles. The van der Waals surface area contributed by atoms with E-state index in [2.05, 4.69) is 10.6 Å². The van der Waals surface area contributed by atoms with Crippen molar-refractivity contribution in [2.45, 2.75) is 6.92 Å². The first-order chi connectivity index (χ1) is 11.9. The molecule has 0 aliphatic heterocycles. The number of nitro groups is 1. The van der Waals surface area contributed by atoms with Gasteiger partial charge in [0.05, 0.1) is 10.6 Å². The molecule has 0 radical (unpaired) electrons. The molecule has 0 unspecified atom stereocenters. The Morgan fingerprint density at radius 3 is 2.72 bits per heavy atom. The second-order valence-corrected chi connectivity index (χ2v) is 5.10. The van der Waals surface area contributed by atoms with Crippen molar-refractivity contribution in [1.29, 1.82) is 5.26 Å². The third kappa shape index (κ3) is 4.56. The predicted octanol–water partition coefficient (Wildman–Crippen LogP) is 3.07. The number of nitrogens with zero attached hydrogens (tertiary/aromatic N) is 2. The lowest BCUT2D eigenvalue weighted by Gasteiger charge is -2.07. The molecular formula is C17H14N4O4. The molecule has 126 valence electrons. The zero-order valence-electron chi connectivity index (χ0n) is 13.2. The van der Waals surface area contributed by atoms with E-state index in [1.54, 1.807) is 18.2 Å². The van der Waals surface area contributed by atoms with Crippen LogP contribution < -0.4 is 10.6 Å². The van der Waals surface area contributed by atoms with Gasteiger partial charge < -0.3 is 15.7 Å². The molecule has 0 aliphatic rings. The molecule has 0 aromatic heterocycles. The lowest BCUT2D eigenvalue weighted by molar-refractivity contribution is -0.384. The van der Waals surface area contributed by atoms with Crippen molar-refractivity contribution >= 4 is 23.0 Å². The number of non-ortho nitro benzene ring substituents is 1. The van der Waals surface area contributed by atoms with Crippen LogP contribution in [0.5, 0.6) is 5.75 Å². The smallest absolute Gasteiger partial charge is 0.271 e. The van der Waals surface area contributed by atoms with Crippen LogP contribution in [-0.4, -0.2) is 15.9 Å². The van der Waals surface area contributed by atoms with Gasteiger partial charge >= 0.3 is 0 Å². The topological polar surface area (TPSA) is 128 Å². The monoisotopic (exact) mass is 338 g/mol. The van der Waals surface area contributed by atoms with Gasteiger partial charge in [0.15, 0.2) is 0 Å². The van der Waals surface area contributed by atoms with Crippen molar-refractivity contribution in [2.24, 2.45) is 0 Å². The minimum atomic E-state index is -0.734. The Morgan fingerprint density at radius 1 is 1.32 bits per heavy atom. The molecular weight excluding hydrogens is 324 g/mol. The van der Waals surface area contributed by atoms with Gasteiger partial charge in [0.2, 0.25) is 0 Å². The van der Waals surface area contributed by atoms with E-state index in [9.17, 15) is 20.0 Å². The standard InChI is InChI=1S/C17H14N4O4/c1-11-5-6-15(16(22)7-11)19-10-12(9-18)17(23)20-13-3-2-4-14(8-13)21(24)25/h2-8,10,19,22H,1H3,(H,20,23)/b12-10-. The zero-order chi connectivity index (χ0) is 18.4. The minimum Gasteiger partial charge on any atom is -0.506 e. The molecule has 0 aliphatic carbocycles. The van der Waals surface area contributed by atoms with Crippen molar-refractivity contribution in [3.05, 3.63) is 69.9 Å². The molecule has 0 spiro atoms. The largest absolute Gasteiger partial charge is 0.506 e. The van der Waals surface area contributed by atoms with E-state index in [0.717, 1.165) is 11.8 Å². The highest BCUT2D eigenvalue weighted by Crippen LogP contribution is 2.24. The molecule has 8 heteroatoms. The molecule has 0 saturated carbocycles. The van der Waals surface area contributed by atoms with Crippen LogP contribution in [-0.2, 0) is 4.79 Å². The Morgan fingerprint density at radius 2 is 2.08 bits per heavy atom. The number of carbonyl (C=O) groups is 1. The first kappa shape index (κ1) is 17.5. The van der Waals surface area contributed by atoms with Crippen LogP contribution in [0.25, 0.3) is 0 Å². The Labute approximate surface area is 143 Å². The van der Waals surface area contributed by atoms with Gasteiger partial charge in [-0.1, -0.05) is 12.1 Å². The second kappa shape index (κ2) is 7.61. The number of aromatic hydroxyl groups is 1. The highest BCUT2D eigenvalue weighted by molar-refractivity contribution is 6.06. The number of benzene rings is 2. The molecule has 0 heterocycles. The molecule has 3 N–H and O–H groups in total. The van der Waals surface area contributed by atoms with E-state index in [1.807, 2.05) is 6.92 Å². The number of nitriles is 1. The molecule has 0 bridgehead atoms. The lowest BCUT2D eigenvalue weighted by atomic mass is 10.2. The van der Waals surface area contributed by atoms with E-state index < -0.39 is 10.8 Å². The molecule has 0 fully saturated rings. The van der Waals surface area contributed by atoms with Crippen LogP contribution >= 0.6 is 0 Å². The fourth-order valence-electron chi connectivity index (χ4n) is 1.96.